The van der Waals surface area contributed by atoms with Crippen molar-refractivity contribution in [2.24, 2.45) is 12.2 Å². The van der Waals surface area contributed by atoms with Crippen LogP contribution in [0.3, 0.4) is 0 Å². The third-order valence-electron chi connectivity index (χ3n) is 3.85. The highest BCUT2D eigenvalue weighted by Gasteiger charge is 2.14. The molecular formula is C21H21N3O4. The highest BCUT2D eigenvalue weighted by molar-refractivity contribution is 5.89. The summed E-state index contributed by atoms with van der Waals surface area (Å²) in [5.41, 5.74) is 1.98. The summed E-state index contributed by atoms with van der Waals surface area (Å²) in [6.07, 6.45) is 1.54. The smallest absolute Gasteiger partial charge is 0.338 e. The van der Waals surface area contributed by atoms with Crippen LogP contribution in [0, 0.1) is 6.92 Å². The fraction of sp³-hybridized carbons (Fsp3) is 0.190. The van der Waals surface area contributed by atoms with Gasteiger partial charge in [0.05, 0.1) is 23.0 Å². The van der Waals surface area contributed by atoms with E-state index in [4.69, 9.17) is 14.3 Å². The zero-order chi connectivity index (χ0) is 19.8. The van der Waals surface area contributed by atoms with Crippen molar-refractivity contribution in [3.05, 3.63) is 77.5 Å². The van der Waals surface area contributed by atoms with E-state index in [0.717, 1.165) is 5.69 Å². The molecule has 0 radical (unpaired) electrons. The molecule has 144 valence electrons. The molecule has 0 aliphatic carbocycles. The molecule has 0 saturated carbocycles. The van der Waals surface area contributed by atoms with Crippen LogP contribution >= 0.6 is 0 Å². The summed E-state index contributed by atoms with van der Waals surface area (Å²) in [6.45, 7) is 2.11. The molecule has 7 heteroatoms. The number of para-hydroxylation sites is 1. The van der Waals surface area contributed by atoms with Crippen molar-refractivity contribution in [3.63, 3.8) is 0 Å². The van der Waals surface area contributed by atoms with Gasteiger partial charge in [0.2, 0.25) is 5.88 Å². The van der Waals surface area contributed by atoms with Gasteiger partial charge < -0.3 is 14.3 Å². The molecule has 7 nitrogen and oxygen atoms in total. The molecule has 0 N–H and O–H groups in total. The molecule has 0 aliphatic heterocycles. The maximum atomic E-state index is 11.8. The lowest BCUT2D eigenvalue weighted by Crippen LogP contribution is -2.09. The molecule has 1 aromatic heterocycles. The van der Waals surface area contributed by atoms with Crippen LogP contribution in [0.5, 0.6) is 11.6 Å². The summed E-state index contributed by atoms with van der Waals surface area (Å²) in [5, 5.41) is 8.29. The molecule has 0 bridgehead atoms. The average molecular weight is 379 g/mol. The van der Waals surface area contributed by atoms with Crippen LogP contribution in [0.15, 0.2) is 65.8 Å². The Morgan fingerprint density at radius 1 is 1.07 bits per heavy atom. The maximum absolute atomic E-state index is 11.8. The number of aryl methyl sites for hydroxylation is 2. The molecule has 0 aliphatic rings. The van der Waals surface area contributed by atoms with Crippen molar-refractivity contribution in [1.29, 1.82) is 0 Å². The van der Waals surface area contributed by atoms with Crippen molar-refractivity contribution in [1.82, 2.24) is 9.78 Å². The standard InChI is InChI=1S/C21H21N3O4/c1-16-19(20(24(2)23-16)28-18-11-7-4-8-12-18)15-22-27-14-13-26-21(25)17-9-5-3-6-10-17/h3-12,15H,13-14H2,1-2H3. The first-order valence-electron chi connectivity index (χ1n) is 8.79. The van der Waals surface area contributed by atoms with Crippen molar-refractivity contribution >= 4 is 12.2 Å². The number of ether oxygens (including phenoxy) is 2. The summed E-state index contributed by atoms with van der Waals surface area (Å²) in [4.78, 5) is 17.0. The Hall–Kier alpha value is -3.61. The van der Waals surface area contributed by atoms with Crippen molar-refractivity contribution in [3.8, 4) is 11.6 Å². The van der Waals surface area contributed by atoms with Gasteiger partial charge in [-0.1, -0.05) is 41.6 Å². The quantitative estimate of drug-likeness (QED) is 0.258. The number of rotatable bonds is 8. The third-order valence-corrected chi connectivity index (χ3v) is 3.85. The number of carbonyl (C=O) groups is 1. The van der Waals surface area contributed by atoms with Crippen LogP contribution in [0.25, 0.3) is 0 Å². The zero-order valence-electron chi connectivity index (χ0n) is 15.7. The number of benzene rings is 2. The molecule has 0 spiro atoms. The van der Waals surface area contributed by atoms with E-state index in [1.54, 1.807) is 42.2 Å². The van der Waals surface area contributed by atoms with Crippen LogP contribution in [0.4, 0.5) is 0 Å². The normalized spacial score (nSPS) is 10.8. The highest BCUT2D eigenvalue weighted by atomic mass is 16.6. The van der Waals surface area contributed by atoms with E-state index in [9.17, 15) is 4.79 Å². The Morgan fingerprint density at radius 3 is 2.46 bits per heavy atom. The molecule has 0 fully saturated rings. The van der Waals surface area contributed by atoms with E-state index in [0.29, 0.717) is 22.8 Å². The number of nitrogens with zero attached hydrogens (tertiary/aromatic N) is 3. The van der Waals surface area contributed by atoms with Gasteiger partial charge in [0.1, 0.15) is 12.4 Å². The predicted molar refractivity (Wildman–Crippen MR) is 105 cm³/mol. The predicted octanol–water partition coefficient (Wildman–Crippen LogP) is 3.73. The molecule has 0 unspecified atom stereocenters. The number of hydrogen-bond donors (Lipinski definition) is 0. The number of aromatic nitrogens is 2. The van der Waals surface area contributed by atoms with E-state index < -0.39 is 5.97 Å². The van der Waals surface area contributed by atoms with Crippen molar-refractivity contribution < 1.29 is 19.1 Å². The Balaban J connectivity index is 1.52. The van der Waals surface area contributed by atoms with Gasteiger partial charge in [0.15, 0.2) is 6.61 Å². The Kier molecular flexibility index (Phi) is 6.41. The van der Waals surface area contributed by atoms with E-state index in [1.165, 1.54) is 0 Å². The maximum Gasteiger partial charge on any atom is 0.338 e. The molecular weight excluding hydrogens is 358 g/mol. The minimum absolute atomic E-state index is 0.102. The van der Waals surface area contributed by atoms with Crippen LogP contribution in [-0.2, 0) is 16.6 Å². The fourth-order valence-corrected chi connectivity index (χ4v) is 2.50. The van der Waals surface area contributed by atoms with Gasteiger partial charge in [-0.3, -0.25) is 0 Å². The van der Waals surface area contributed by atoms with Gasteiger partial charge in [-0.2, -0.15) is 5.10 Å². The molecule has 3 rings (SSSR count). The van der Waals surface area contributed by atoms with Gasteiger partial charge in [-0.25, -0.2) is 9.48 Å². The highest BCUT2D eigenvalue weighted by Crippen LogP contribution is 2.25. The SMILES string of the molecule is Cc1nn(C)c(Oc2ccccc2)c1C=NOCCOC(=O)c1ccccc1. The zero-order valence-corrected chi connectivity index (χ0v) is 15.7. The van der Waals surface area contributed by atoms with Crippen molar-refractivity contribution in [2.75, 3.05) is 13.2 Å². The number of carbonyl (C=O) groups excluding carboxylic acids is 1. The van der Waals surface area contributed by atoms with E-state index in [1.807, 2.05) is 43.3 Å². The summed E-state index contributed by atoms with van der Waals surface area (Å²) in [5.74, 6) is 0.871. The van der Waals surface area contributed by atoms with Gasteiger partial charge in [0, 0.05) is 7.05 Å². The first kappa shape index (κ1) is 19.2. The number of esters is 1. The third kappa shape index (κ3) is 4.97. The summed E-state index contributed by atoms with van der Waals surface area (Å²) in [7, 11) is 1.80. The van der Waals surface area contributed by atoms with Crippen LogP contribution in [0.1, 0.15) is 21.6 Å². The largest absolute Gasteiger partial charge is 0.458 e. The van der Waals surface area contributed by atoms with Gasteiger partial charge in [-0.05, 0) is 31.2 Å². The van der Waals surface area contributed by atoms with Crippen LogP contribution in [-0.4, -0.2) is 35.2 Å². The Labute approximate surface area is 163 Å². The summed E-state index contributed by atoms with van der Waals surface area (Å²) >= 11 is 0. The van der Waals surface area contributed by atoms with Gasteiger partial charge in [0.25, 0.3) is 0 Å². The van der Waals surface area contributed by atoms with Crippen LogP contribution < -0.4 is 4.74 Å². The van der Waals surface area contributed by atoms with Gasteiger partial charge >= 0.3 is 5.97 Å². The average Bonchev–Trinajstić information content (AvgIpc) is 2.98. The minimum atomic E-state index is -0.394. The second kappa shape index (κ2) is 9.36. The van der Waals surface area contributed by atoms with Gasteiger partial charge in [-0.15, -0.1) is 0 Å². The second-order valence-corrected chi connectivity index (χ2v) is 5.91. The fourth-order valence-electron chi connectivity index (χ4n) is 2.50. The van der Waals surface area contributed by atoms with E-state index >= 15 is 0 Å². The lowest BCUT2D eigenvalue weighted by Gasteiger charge is -2.06. The number of hydrogen-bond acceptors (Lipinski definition) is 6. The lowest BCUT2D eigenvalue weighted by atomic mass is 10.2. The lowest BCUT2D eigenvalue weighted by molar-refractivity contribution is 0.0330. The molecule has 1 heterocycles. The monoisotopic (exact) mass is 379 g/mol. The molecule has 0 atom stereocenters. The Morgan fingerprint density at radius 2 is 1.75 bits per heavy atom. The molecule has 3 aromatic rings. The molecule has 0 saturated heterocycles. The molecule has 2 aromatic carbocycles. The van der Waals surface area contributed by atoms with E-state index in [-0.39, 0.29) is 13.2 Å². The second-order valence-electron chi connectivity index (χ2n) is 5.91. The summed E-state index contributed by atoms with van der Waals surface area (Å²) < 4.78 is 12.7. The topological polar surface area (TPSA) is 74.9 Å². The minimum Gasteiger partial charge on any atom is -0.458 e. The summed E-state index contributed by atoms with van der Waals surface area (Å²) in [6, 6.07) is 18.2. The molecule has 28 heavy (non-hydrogen) atoms. The first-order chi connectivity index (χ1) is 13.6. The van der Waals surface area contributed by atoms with Crippen LogP contribution in [0.2, 0.25) is 0 Å². The molecule has 0 amide bonds. The number of oxime groups is 1. The van der Waals surface area contributed by atoms with Crippen molar-refractivity contribution in [2.45, 2.75) is 6.92 Å². The van der Waals surface area contributed by atoms with E-state index in [2.05, 4.69) is 10.3 Å². The first-order valence-corrected chi connectivity index (χ1v) is 8.79. The Bertz CT molecular complexity index is 937.